The van der Waals surface area contributed by atoms with Gasteiger partial charge in [0.05, 0.1) is 6.61 Å². The molecule has 1 atom stereocenters. The Morgan fingerprint density at radius 2 is 1.52 bits per heavy atom. The maximum absolute atomic E-state index is 5.78. The van der Waals surface area contributed by atoms with Crippen LogP contribution in [0.3, 0.4) is 0 Å². The number of hydrogen-bond acceptors (Lipinski definition) is 2. The molecule has 0 aliphatic rings. The van der Waals surface area contributed by atoms with Gasteiger partial charge in [0.2, 0.25) is 0 Å². The molecule has 3 heteroatoms. The molecule has 2 rings (SSSR count). The first-order chi connectivity index (χ1) is 10.3. The van der Waals surface area contributed by atoms with Crippen LogP contribution in [0.15, 0.2) is 54.6 Å². The smallest absolute Gasteiger partial charge is 0.120 e. The Bertz CT molecular complexity index is 507. The van der Waals surface area contributed by atoms with Crippen molar-refractivity contribution in [3.63, 3.8) is 0 Å². The summed E-state index contributed by atoms with van der Waals surface area (Å²) in [5, 5.41) is 0.974. The van der Waals surface area contributed by atoms with Crippen LogP contribution >= 0.6 is 15.9 Å². The summed E-state index contributed by atoms with van der Waals surface area (Å²) in [5.41, 5.74) is 1.17. The van der Waals surface area contributed by atoms with Crippen LogP contribution in [0.1, 0.15) is 18.9 Å². The molecule has 2 nitrogen and oxygen atoms in total. The molecular formula is C18H21BrO2. The molecule has 0 saturated heterocycles. The predicted octanol–water partition coefficient (Wildman–Crippen LogP) is 5.07. The van der Waals surface area contributed by atoms with Gasteiger partial charge in [-0.15, -0.1) is 0 Å². The Morgan fingerprint density at radius 3 is 2.10 bits per heavy atom. The normalized spacial score (nSPS) is 11.9. The van der Waals surface area contributed by atoms with Crippen LogP contribution in [0.2, 0.25) is 0 Å². The third-order valence-electron chi connectivity index (χ3n) is 3.35. The quantitative estimate of drug-likeness (QED) is 0.620. The molecule has 0 aliphatic heterocycles. The summed E-state index contributed by atoms with van der Waals surface area (Å²) >= 11 is 3.50. The Hall–Kier alpha value is -1.48. The van der Waals surface area contributed by atoms with Gasteiger partial charge in [-0.25, -0.2) is 0 Å². The summed E-state index contributed by atoms with van der Waals surface area (Å²) in [6, 6.07) is 18.0. The highest BCUT2D eigenvalue weighted by molar-refractivity contribution is 9.09. The molecule has 0 aromatic heterocycles. The van der Waals surface area contributed by atoms with E-state index in [2.05, 4.69) is 35.0 Å². The number of benzene rings is 2. The van der Waals surface area contributed by atoms with E-state index in [0.29, 0.717) is 12.5 Å². The van der Waals surface area contributed by atoms with Crippen LogP contribution in [-0.4, -0.2) is 11.9 Å². The van der Waals surface area contributed by atoms with Crippen molar-refractivity contribution in [1.29, 1.82) is 0 Å². The molecular weight excluding hydrogens is 328 g/mol. The molecule has 0 fully saturated rings. The minimum Gasteiger partial charge on any atom is -0.493 e. The fourth-order valence-electron chi connectivity index (χ4n) is 1.86. The summed E-state index contributed by atoms with van der Waals surface area (Å²) in [6.07, 6.45) is 1.11. The lowest BCUT2D eigenvalue weighted by atomic mass is 10.1. The summed E-state index contributed by atoms with van der Waals surface area (Å²) < 4.78 is 11.5. The van der Waals surface area contributed by atoms with Crippen molar-refractivity contribution in [3.05, 3.63) is 60.2 Å². The minimum absolute atomic E-state index is 0.555. The Balaban J connectivity index is 1.81. The van der Waals surface area contributed by atoms with Gasteiger partial charge < -0.3 is 9.47 Å². The molecule has 0 bridgehead atoms. The highest BCUT2D eigenvalue weighted by Gasteiger charge is 2.05. The van der Waals surface area contributed by atoms with E-state index in [-0.39, 0.29) is 0 Å². The van der Waals surface area contributed by atoms with Crippen LogP contribution in [0.25, 0.3) is 0 Å². The lowest BCUT2D eigenvalue weighted by Crippen LogP contribution is -2.12. The fourth-order valence-corrected chi connectivity index (χ4v) is 2.50. The first-order valence-electron chi connectivity index (χ1n) is 7.27. The molecule has 2 aromatic rings. The van der Waals surface area contributed by atoms with Crippen LogP contribution in [0, 0.1) is 5.92 Å². The molecule has 0 saturated carbocycles. The maximum atomic E-state index is 5.78. The summed E-state index contributed by atoms with van der Waals surface area (Å²) in [7, 11) is 0. The van der Waals surface area contributed by atoms with Gasteiger partial charge in [-0.2, -0.15) is 0 Å². The molecule has 0 amide bonds. The third-order valence-corrected chi connectivity index (χ3v) is 4.27. The highest BCUT2D eigenvalue weighted by atomic mass is 79.9. The molecule has 21 heavy (non-hydrogen) atoms. The zero-order chi connectivity index (χ0) is 14.9. The number of alkyl halides is 1. The molecule has 0 aliphatic carbocycles. The van der Waals surface area contributed by atoms with E-state index in [1.165, 1.54) is 5.56 Å². The highest BCUT2D eigenvalue weighted by Crippen LogP contribution is 2.20. The van der Waals surface area contributed by atoms with Crippen molar-refractivity contribution >= 4 is 15.9 Å². The first-order valence-corrected chi connectivity index (χ1v) is 8.39. The SMILES string of the molecule is CCC(CBr)COc1ccc(OCc2ccccc2)cc1. The van der Waals surface area contributed by atoms with E-state index >= 15 is 0 Å². The zero-order valence-electron chi connectivity index (χ0n) is 12.3. The van der Waals surface area contributed by atoms with E-state index < -0.39 is 0 Å². The van der Waals surface area contributed by atoms with Gasteiger partial charge in [0.15, 0.2) is 0 Å². The van der Waals surface area contributed by atoms with Gasteiger partial charge >= 0.3 is 0 Å². The van der Waals surface area contributed by atoms with Gasteiger partial charge in [0.1, 0.15) is 18.1 Å². The second-order valence-corrected chi connectivity index (χ2v) is 5.63. The number of hydrogen-bond donors (Lipinski definition) is 0. The number of halogens is 1. The van der Waals surface area contributed by atoms with Crippen molar-refractivity contribution in [2.75, 3.05) is 11.9 Å². The molecule has 112 valence electrons. The summed E-state index contributed by atoms with van der Waals surface area (Å²) in [6.45, 7) is 3.50. The van der Waals surface area contributed by atoms with Gasteiger partial charge in [0.25, 0.3) is 0 Å². The number of rotatable bonds is 8. The second-order valence-electron chi connectivity index (χ2n) is 4.99. The molecule has 0 radical (unpaired) electrons. The largest absolute Gasteiger partial charge is 0.493 e. The fraction of sp³-hybridized carbons (Fsp3) is 0.333. The van der Waals surface area contributed by atoms with E-state index in [4.69, 9.17) is 9.47 Å². The average Bonchev–Trinajstić information content (AvgIpc) is 2.56. The standard InChI is InChI=1S/C18H21BrO2/c1-2-15(12-19)13-20-17-8-10-18(11-9-17)21-14-16-6-4-3-5-7-16/h3-11,15H,2,12-14H2,1H3. The monoisotopic (exact) mass is 348 g/mol. The van der Waals surface area contributed by atoms with Gasteiger partial charge in [-0.05, 0) is 36.2 Å². The third kappa shape index (κ3) is 5.43. The van der Waals surface area contributed by atoms with E-state index in [1.807, 2.05) is 42.5 Å². The Morgan fingerprint density at radius 1 is 0.905 bits per heavy atom. The Kier molecular flexibility index (Phi) is 6.61. The predicted molar refractivity (Wildman–Crippen MR) is 90.3 cm³/mol. The maximum Gasteiger partial charge on any atom is 0.120 e. The van der Waals surface area contributed by atoms with E-state index in [0.717, 1.165) is 29.9 Å². The van der Waals surface area contributed by atoms with Crippen LogP contribution in [0.4, 0.5) is 0 Å². The van der Waals surface area contributed by atoms with Gasteiger partial charge in [-0.3, -0.25) is 0 Å². The van der Waals surface area contributed by atoms with Crippen LogP contribution in [0.5, 0.6) is 11.5 Å². The molecule has 0 heterocycles. The molecule has 2 aromatic carbocycles. The molecule has 0 N–H and O–H groups in total. The van der Waals surface area contributed by atoms with Gasteiger partial charge in [0, 0.05) is 11.2 Å². The lowest BCUT2D eigenvalue weighted by Gasteiger charge is -2.13. The number of ether oxygens (including phenoxy) is 2. The second kappa shape index (κ2) is 8.73. The van der Waals surface area contributed by atoms with Crippen molar-refractivity contribution in [2.24, 2.45) is 5.92 Å². The lowest BCUT2D eigenvalue weighted by molar-refractivity contribution is 0.259. The van der Waals surface area contributed by atoms with Crippen molar-refractivity contribution < 1.29 is 9.47 Å². The van der Waals surface area contributed by atoms with E-state index in [1.54, 1.807) is 0 Å². The van der Waals surface area contributed by atoms with Crippen LogP contribution in [-0.2, 0) is 6.61 Å². The first kappa shape index (κ1) is 15.9. The average molecular weight is 349 g/mol. The molecule has 0 spiro atoms. The van der Waals surface area contributed by atoms with Crippen molar-refractivity contribution in [3.8, 4) is 11.5 Å². The summed E-state index contributed by atoms with van der Waals surface area (Å²) in [4.78, 5) is 0. The van der Waals surface area contributed by atoms with Crippen molar-refractivity contribution in [1.82, 2.24) is 0 Å². The summed E-state index contributed by atoms with van der Waals surface area (Å²) in [5.74, 6) is 2.30. The van der Waals surface area contributed by atoms with Crippen molar-refractivity contribution in [2.45, 2.75) is 20.0 Å². The zero-order valence-corrected chi connectivity index (χ0v) is 13.9. The molecule has 1 unspecified atom stereocenters. The minimum atomic E-state index is 0.555. The van der Waals surface area contributed by atoms with E-state index in [9.17, 15) is 0 Å². The van der Waals surface area contributed by atoms with Gasteiger partial charge in [-0.1, -0.05) is 53.2 Å². The topological polar surface area (TPSA) is 18.5 Å². The Labute approximate surface area is 135 Å². The van der Waals surface area contributed by atoms with Crippen LogP contribution < -0.4 is 9.47 Å².